The third-order valence-electron chi connectivity index (χ3n) is 4.82. The van der Waals surface area contributed by atoms with Gasteiger partial charge in [-0.05, 0) is 42.7 Å². The third-order valence-corrected chi connectivity index (χ3v) is 6.76. The van der Waals surface area contributed by atoms with Crippen molar-refractivity contribution in [2.24, 2.45) is 0 Å². The maximum Gasteiger partial charge on any atom is 0.251 e. The van der Waals surface area contributed by atoms with Crippen molar-refractivity contribution in [2.45, 2.75) is 37.3 Å². The van der Waals surface area contributed by atoms with E-state index in [2.05, 4.69) is 5.32 Å². The maximum atomic E-state index is 12.8. The molecular formula is C21H26N2O4S. The monoisotopic (exact) mass is 402 g/mol. The Balaban J connectivity index is 1.63. The van der Waals surface area contributed by atoms with Gasteiger partial charge >= 0.3 is 0 Å². The highest BCUT2D eigenvalue weighted by Gasteiger charge is 2.23. The molecule has 1 amide bonds. The van der Waals surface area contributed by atoms with Gasteiger partial charge in [0.1, 0.15) is 0 Å². The molecule has 0 saturated carbocycles. The van der Waals surface area contributed by atoms with Gasteiger partial charge in [-0.25, -0.2) is 8.42 Å². The second-order valence-electron chi connectivity index (χ2n) is 6.79. The molecule has 0 aliphatic carbocycles. The molecule has 150 valence electrons. The van der Waals surface area contributed by atoms with Crippen LogP contribution in [0.3, 0.4) is 0 Å². The van der Waals surface area contributed by atoms with E-state index in [4.69, 9.17) is 4.74 Å². The molecule has 0 unspecified atom stereocenters. The molecule has 0 aromatic heterocycles. The predicted octanol–water partition coefficient (Wildman–Crippen LogP) is 2.81. The number of nitrogens with zero attached hydrogens (tertiary/aromatic N) is 1. The summed E-state index contributed by atoms with van der Waals surface area (Å²) in [4.78, 5) is 12.5. The smallest absolute Gasteiger partial charge is 0.251 e. The van der Waals surface area contributed by atoms with Gasteiger partial charge in [0.25, 0.3) is 5.91 Å². The van der Waals surface area contributed by atoms with E-state index in [0.29, 0.717) is 18.7 Å². The van der Waals surface area contributed by atoms with Crippen LogP contribution in [0.2, 0.25) is 0 Å². The van der Waals surface area contributed by atoms with Crippen LogP contribution in [0.15, 0.2) is 59.5 Å². The summed E-state index contributed by atoms with van der Waals surface area (Å²) in [5.74, 6) is -0.147. The summed E-state index contributed by atoms with van der Waals surface area (Å²) in [5.41, 5.74) is 1.38. The van der Waals surface area contributed by atoms with Crippen LogP contribution in [-0.4, -0.2) is 44.4 Å². The van der Waals surface area contributed by atoms with Crippen LogP contribution in [0.5, 0.6) is 0 Å². The van der Waals surface area contributed by atoms with Gasteiger partial charge < -0.3 is 10.1 Å². The number of sulfonamides is 1. The van der Waals surface area contributed by atoms with Gasteiger partial charge in [0.2, 0.25) is 10.0 Å². The van der Waals surface area contributed by atoms with Gasteiger partial charge in [0.05, 0.1) is 11.0 Å². The van der Waals surface area contributed by atoms with Crippen molar-refractivity contribution in [1.29, 1.82) is 0 Å². The molecule has 1 heterocycles. The number of carbonyl (C=O) groups is 1. The molecule has 0 radical (unpaired) electrons. The minimum atomic E-state index is -3.55. The van der Waals surface area contributed by atoms with Gasteiger partial charge in [-0.3, -0.25) is 4.79 Å². The SMILES string of the molecule is CCN(Cc1ccc(C(=O)NC[C@@H]2CCCO2)cc1)S(=O)(=O)c1ccccc1. The Bertz CT molecular complexity index is 876. The Kier molecular flexibility index (Phi) is 6.83. The molecular weight excluding hydrogens is 376 g/mol. The molecule has 0 spiro atoms. The molecule has 3 rings (SSSR count). The largest absolute Gasteiger partial charge is 0.376 e. The highest BCUT2D eigenvalue weighted by molar-refractivity contribution is 7.89. The van der Waals surface area contributed by atoms with Gasteiger partial charge in [-0.2, -0.15) is 4.31 Å². The van der Waals surface area contributed by atoms with Crippen LogP contribution in [0.4, 0.5) is 0 Å². The fourth-order valence-corrected chi connectivity index (χ4v) is 4.65. The number of nitrogens with one attached hydrogen (secondary N) is 1. The first kappa shape index (κ1) is 20.5. The molecule has 28 heavy (non-hydrogen) atoms. The average Bonchev–Trinajstić information content (AvgIpc) is 3.25. The van der Waals surface area contributed by atoms with Crippen molar-refractivity contribution in [3.63, 3.8) is 0 Å². The fourth-order valence-electron chi connectivity index (χ4n) is 3.19. The Hall–Kier alpha value is -2.22. The molecule has 1 aliphatic rings. The Morgan fingerprint density at radius 3 is 2.46 bits per heavy atom. The van der Waals surface area contributed by atoms with E-state index in [-0.39, 0.29) is 23.5 Å². The number of hydrogen-bond donors (Lipinski definition) is 1. The van der Waals surface area contributed by atoms with Gasteiger partial charge in [0.15, 0.2) is 0 Å². The van der Waals surface area contributed by atoms with Gasteiger partial charge in [-0.1, -0.05) is 37.3 Å². The fraction of sp³-hybridized carbons (Fsp3) is 0.381. The summed E-state index contributed by atoms with van der Waals surface area (Å²) < 4.78 is 32.5. The first-order valence-electron chi connectivity index (χ1n) is 9.54. The van der Waals surface area contributed by atoms with Crippen molar-refractivity contribution >= 4 is 15.9 Å². The Labute approximate surface area is 166 Å². The van der Waals surface area contributed by atoms with Gasteiger partial charge in [-0.15, -0.1) is 0 Å². The summed E-state index contributed by atoms with van der Waals surface area (Å²) in [5, 5.41) is 2.89. The first-order valence-corrected chi connectivity index (χ1v) is 11.0. The third kappa shape index (κ3) is 4.98. The van der Waals surface area contributed by atoms with E-state index in [1.54, 1.807) is 54.6 Å². The van der Waals surface area contributed by atoms with Crippen LogP contribution in [0.1, 0.15) is 35.7 Å². The van der Waals surface area contributed by atoms with Crippen molar-refractivity contribution in [3.05, 3.63) is 65.7 Å². The zero-order valence-corrected chi connectivity index (χ0v) is 16.8. The van der Waals surface area contributed by atoms with Crippen molar-refractivity contribution in [3.8, 4) is 0 Å². The highest BCUT2D eigenvalue weighted by Crippen LogP contribution is 2.18. The number of amides is 1. The van der Waals surface area contributed by atoms with E-state index in [9.17, 15) is 13.2 Å². The Morgan fingerprint density at radius 2 is 1.86 bits per heavy atom. The standard InChI is InChI=1S/C21H26N2O4S/c1-2-23(28(25,26)20-8-4-3-5-9-20)16-17-10-12-18(13-11-17)21(24)22-15-19-7-6-14-27-19/h3-5,8-13,19H,2,6-7,14-16H2,1H3,(H,22,24)/t19-/m0/s1. The van der Waals surface area contributed by atoms with E-state index >= 15 is 0 Å². The number of rotatable bonds is 8. The molecule has 2 aromatic rings. The summed E-state index contributed by atoms with van der Waals surface area (Å²) in [6, 6.07) is 15.5. The zero-order chi connectivity index (χ0) is 20.0. The minimum Gasteiger partial charge on any atom is -0.376 e. The molecule has 2 aromatic carbocycles. The quantitative estimate of drug-likeness (QED) is 0.737. The topological polar surface area (TPSA) is 75.7 Å². The predicted molar refractivity (Wildman–Crippen MR) is 107 cm³/mol. The second kappa shape index (κ2) is 9.32. The van der Waals surface area contributed by atoms with E-state index < -0.39 is 10.0 Å². The molecule has 7 heteroatoms. The first-order chi connectivity index (χ1) is 13.5. The van der Waals surface area contributed by atoms with Crippen LogP contribution < -0.4 is 5.32 Å². The summed E-state index contributed by atoms with van der Waals surface area (Å²) in [6.07, 6.45) is 2.11. The van der Waals surface area contributed by atoms with Crippen LogP contribution in [0.25, 0.3) is 0 Å². The second-order valence-corrected chi connectivity index (χ2v) is 8.72. The Morgan fingerprint density at radius 1 is 1.14 bits per heavy atom. The molecule has 6 nitrogen and oxygen atoms in total. The highest BCUT2D eigenvalue weighted by atomic mass is 32.2. The number of hydrogen-bond acceptors (Lipinski definition) is 4. The van der Waals surface area contributed by atoms with E-state index in [0.717, 1.165) is 25.0 Å². The average molecular weight is 403 g/mol. The normalized spacial score (nSPS) is 17.0. The summed E-state index contributed by atoms with van der Waals surface area (Å²) >= 11 is 0. The molecule has 1 atom stereocenters. The van der Waals surface area contributed by atoms with Crippen LogP contribution in [-0.2, 0) is 21.3 Å². The molecule has 0 bridgehead atoms. The van der Waals surface area contributed by atoms with Crippen molar-refractivity contribution < 1.29 is 17.9 Å². The van der Waals surface area contributed by atoms with Gasteiger partial charge in [0, 0.05) is 31.8 Å². The van der Waals surface area contributed by atoms with Crippen molar-refractivity contribution in [1.82, 2.24) is 9.62 Å². The lowest BCUT2D eigenvalue weighted by atomic mass is 10.1. The molecule has 1 fully saturated rings. The lowest BCUT2D eigenvalue weighted by Crippen LogP contribution is -2.32. The molecule has 1 N–H and O–H groups in total. The van der Waals surface area contributed by atoms with E-state index in [1.807, 2.05) is 6.92 Å². The van der Waals surface area contributed by atoms with Crippen molar-refractivity contribution in [2.75, 3.05) is 19.7 Å². The summed E-state index contributed by atoms with van der Waals surface area (Å²) in [7, 11) is -3.55. The zero-order valence-electron chi connectivity index (χ0n) is 16.0. The molecule has 1 saturated heterocycles. The summed E-state index contributed by atoms with van der Waals surface area (Å²) in [6.45, 7) is 3.70. The minimum absolute atomic E-state index is 0.101. The molecule has 1 aliphatic heterocycles. The number of ether oxygens (including phenoxy) is 1. The van der Waals surface area contributed by atoms with Crippen LogP contribution >= 0.6 is 0 Å². The number of carbonyl (C=O) groups excluding carboxylic acids is 1. The van der Waals surface area contributed by atoms with E-state index in [1.165, 1.54) is 4.31 Å². The lowest BCUT2D eigenvalue weighted by molar-refractivity contribution is 0.0857. The maximum absolute atomic E-state index is 12.8. The number of benzene rings is 2. The lowest BCUT2D eigenvalue weighted by Gasteiger charge is -2.20. The van der Waals surface area contributed by atoms with Crippen LogP contribution in [0, 0.1) is 0 Å².